The van der Waals surface area contributed by atoms with Crippen molar-refractivity contribution in [2.75, 3.05) is 33.4 Å². The van der Waals surface area contributed by atoms with Gasteiger partial charge in [-0.05, 0) is 57.5 Å². The second-order valence-electron chi connectivity index (χ2n) is 5.30. The zero-order valence-electron chi connectivity index (χ0n) is 12.8. The molecule has 0 aromatic heterocycles. The Bertz CT molecular complexity index is 482. The molecule has 0 unspecified atom stereocenters. The van der Waals surface area contributed by atoms with E-state index >= 15 is 0 Å². The maximum absolute atomic E-state index is 8.81. The number of ether oxygens (including phenoxy) is 2. The zero-order chi connectivity index (χ0) is 15.1. The Labute approximate surface area is 126 Å². The van der Waals surface area contributed by atoms with Crippen LogP contribution in [0.15, 0.2) is 23.4 Å². The fourth-order valence-electron chi connectivity index (χ4n) is 2.55. The van der Waals surface area contributed by atoms with E-state index in [-0.39, 0.29) is 0 Å². The summed E-state index contributed by atoms with van der Waals surface area (Å²) in [6.45, 7) is 5.96. The van der Waals surface area contributed by atoms with Gasteiger partial charge in [-0.2, -0.15) is 0 Å². The number of hydrogen-bond acceptors (Lipinski definition) is 5. The average Bonchev–Trinajstić information content (AvgIpc) is 3.04. The smallest absolute Gasteiger partial charge is 0.161 e. The predicted octanol–water partition coefficient (Wildman–Crippen LogP) is 2.76. The summed E-state index contributed by atoms with van der Waals surface area (Å²) in [4.78, 5) is 2.48. The van der Waals surface area contributed by atoms with Gasteiger partial charge in [0.25, 0.3) is 0 Å². The van der Waals surface area contributed by atoms with Crippen LogP contribution in [0.1, 0.15) is 31.7 Å². The Balaban J connectivity index is 1.87. The first-order valence-electron chi connectivity index (χ1n) is 7.47. The number of likely N-dealkylation sites (tertiary alicyclic amines) is 1. The van der Waals surface area contributed by atoms with Crippen molar-refractivity contribution in [1.29, 1.82) is 0 Å². The first-order chi connectivity index (χ1) is 10.2. The first-order valence-corrected chi connectivity index (χ1v) is 7.47. The molecular weight excluding hydrogens is 268 g/mol. The van der Waals surface area contributed by atoms with Gasteiger partial charge in [0.1, 0.15) is 0 Å². The molecule has 0 amide bonds. The van der Waals surface area contributed by atoms with E-state index in [9.17, 15) is 0 Å². The lowest BCUT2D eigenvalue weighted by molar-refractivity contribution is 0.254. The van der Waals surface area contributed by atoms with Crippen LogP contribution in [-0.2, 0) is 0 Å². The van der Waals surface area contributed by atoms with E-state index in [1.807, 2.05) is 18.2 Å². The molecule has 1 aromatic carbocycles. The van der Waals surface area contributed by atoms with Crippen LogP contribution in [0.2, 0.25) is 0 Å². The molecule has 0 atom stereocenters. The van der Waals surface area contributed by atoms with E-state index in [0.29, 0.717) is 18.1 Å². The largest absolute Gasteiger partial charge is 0.493 e. The van der Waals surface area contributed by atoms with Crippen LogP contribution < -0.4 is 9.47 Å². The summed E-state index contributed by atoms with van der Waals surface area (Å²) in [6.07, 6.45) is 3.66. The molecule has 0 saturated carbocycles. The number of nitrogens with zero attached hydrogens (tertiary/aromatic N) is 2. The average molecular weight is 292 g/mol. The molecule has 0 spiro atoms. The van der Waals surface area contributed by atoms with Crippen LogP contribution in [0, 0.1) is 0 Å². The summed E-state index contributed by atoms with van der Waals surface area (Å²) >= 11 is 0. The molecule has 1 heterocycles. The Morgan fingerprint density at radius 3 is 2.71 bits per heavy atom. The van der Waals surface area contributed by atoms with Crippen molar-refractivity contribution in [1.82, 2.24) is 4.90 Å². The highest BCUT2D eigenvalue weighted by molar-refractivity contribution is 5.98. The van der Waals surface area contributed by atoms with Crippen molar-refractivity contribution >= 4 is 5.71 Å². The van der Waals surface area contributed by atoms with Gasteiger partial charge in [-0.1, -0.05) is 5.16 Å². The molecule has 0 bridgehead atoms. The Morgan fingerprint density at radius 1 is 1.29 bits per heavy atom. The molecule has 0 aliphatic carbocycles. The fraction of sp³-hybridized carbons (Fsp3) is 0.562. The van der Waals surface area contributed by atoms with Crippen LogP contribution in [0.25, 0.3) is 0 Å². The molecule has 5 heteroatoms. The van der Waals surface area contributed by atoms with Gasteiger partial charge in [-0.15, -0.1) is 0 Å². The molecule has 116 valence electrons. The van der Waals surface area contributed by atoms with E-state index in [2.05, 4.69) is 10.1 Å². The van der Waals surface area contributed by atoms with Gasteiger partial charge in [-0.25, -0.2) is 0 Å². The molecule has 1 aromatic rings. The summed E-state index contributed by atoms with van der Waals surface area (Å²) in [5.74, 6) is 1.39. The highest BCUT2D eigenvalue weighted by Crippen LogP contribution is 2.28. The van der Waals surface area contributed by atoms with Crippen LogP contribution in [-0.4, -0.2) is 49.2 Å². The molecule has 21 heavy (non-hydrogen) atoms. The lowest BCUT2D eigenvalue weighted by atomic mass is 10.1. The molecular formula is C16H24N2O3. The maximum atomic E-state index is 8.81. The van der Waals surface area contributed by atoms with Crippen molar-refractivity contribution < 1.29 is 14.7 Å². The quantitative estimate of drug-likeness (QED) is 0.363. The Hall–Kier alpha value is -1.75. The van der Waals surface area contributed by atoms with Gasteiger partial charge in [0.15, 0.2) is 11.5 Å². The minimum absolute atomic E-state index is 0.550. The van der Waals surface area contributed by atoms with Crippen molar-refractivity contribution in [2.24, 2.45) is 5.16 Å². The third kappa shape index (κ3) is 4.36. The molecule has 2 rings (SSSR count). The molecule has 1 aliphatic rings. The number of rotatable bonds is 7. The fourth-order valence-corrected chi connectivity index (χ4v) is 2.55. The minimum Gasteiger partial charge on any atom is -0.493 e. The monoisotopic (exact) mass is 292 g/mol. The van der Waals surface area contributed by atoms with Crippen LogP contribution in [0.5, 0.6) is 11.5 Å². The third-order valence-electron chi connectivity index (χ3n) is 3.81. The number of benzene rings is 1. The number of methoxy groups -OCH3 is 1. The second-order valence-corrected chi connectivity index (χ2v) is 5.30. The summed E-state index contributed by atoms with van der Waals surface area (Å²) < 4.78 is 11.1. The van der Waals surface area contributed by atoms with E-state index in [1.165, 1.54) is 25.9 Å². The molecule has 1 aliphatic heterocycles. The molecule has 1 N–H and O–H groups in total. The standard InChI is InChI=1S/C16H24N2O3/c1-13(17-19)14-6-7-15(16(12-14)20-2)21-11-5-10-18-8-3-4-9-18/h6-7,12,19H,3-5,8-11H2,1-2H3. The minimum atomic E-state index is 0.550. The zero-order valence-corrected chi connectivity index (χ0v) is 12.8. The third-order valence-corrected chi connectivity index (χ3v) is 3.81. The van der Waals surface area contributed by atoms with Crippen molar-refractivity contribution in [3.8, 4) is 11.5 Å². The highest BCUT2D eigenvalue weighted by atomic mass is 16.5. The summed E-state index contributed by atoms with van der Waals surface area (Å²) in [6, 6.07) is 5.55. The Kier molecular flexibility index (Phi) is 5.87. The van der Waals surface area contributed by atoms with E-state index < -0.39 is 0 Å². The first kappa shape index (κ1) is 15.6. The summed E-state index contributed by atoms with van der Waals surface area (Å²) in [7, 11) is 1.61. The maximum Gasteiger partial charge on any atom is 0.161 e. The lowest BCUT2D eigenvalue weighted by Crippen LogP contribution is -2.21. The lowest BCUT2D eigenvalue weighted by Gasteiger charge is -2.15. The Morgan fingerprint density at radius 2 is 2.05 bits per heavy atom. The van der Waals surface area contributed by atoms with Gasteiger partial charge in [-0.3, -0.25) is 0 Å². The highest BCUT2D eigenvalue weighted by Gasteiger charge is 2.11. The van der Waals surface area contributed by atoms with E-state index in [1.54, 1.807) is 14.0 Å². The van der Waals surface area contributed by atoms with Gasteiger partial charge < -0.3 is 19.6 Å². The summed E-state index contributed by atoms with van der Waals surface area (Å²) in [5, 5.41) is 12.0. The normalized spacial score (nSPS) is 16.2. The van der Waals surface area contributed by atoms with Crippen molar-refractivity contribution in [3.63, 3.8) is 0 Å². The van der Waals surface area contributed by atoms with Gasteiger partial charge in [0.05, 0.1) is 19.4 Å². The topological polar surface area (TPSA) is 54.3 Å². The van der Waals surface area contributed by atoms with Crippen LogP contribution in [0.4, 0.5) is 0 Å². The predicted molar refractivity (Wildman–Crippen MR) is 82.8 cm³/mol. The summed E-state index contributed by atoms with van der Waals surface area (Å²) in [5.41, 5.74) is 1.37. The molecule has 1 saturated heterocycles. The van der Waals surface area contributed by atoms with Crippen LogP contribution in [0.3, 0.4) is 0 Å². The van der Waals surface area contributed by atoms with Crippen molar-refractivity contribution in [3.05, 3.63) is 23.8 Å². The van der Waals surface area contributed by atoms with Gasteiger partial charge >= 0.3 is 0 Å². The van der Waals surface area contributed by atoms with Crippen molar-refractivity contribution in [2.45, 2.75) is 26.2 Å². The molecule has 5 nitrogen and oxygen atoms in total. The SMILES string of the molecule is COc1cc(C(C)=NO)ccc1OCCCN1CCCC1. The molecule has 0 radical (unpaired) electrons. The van der Waals surface area contributed by atoms with E-state index in [0.717, 1.165) is 24.3 Å². The molecule has 1 fully saturated rings. The van der Waals surface area contributed by atoms with Gasteiger partial charge in [0.2, 0.25) is 0 Å². The van der Waals surface area contributed by atoms with E-state index in [4.69, 9.17) is 14.7 Å². The number of oxime groups is 1. The van der Waals surface area contributed by atoms with Gasteiger partial charge in [0, 0.05) is 12.1 Å². The number of hydrogen-bond donors (Lipinski definition) is 1. The van der Waals surface area contributed by atoms with Crippen LogP contribution >= 0.6 is 0 Å². The second kappa shape index (κ2) is 7.88.